The highest BCUT2D eigenvalue weighted by atomic mass is 16.5. The van der Waals surface area contributed by atoms with Gasteiger partial charge >= 0.3 is 6.03 Å². The van der Waals surface area contributed by atoms with Gasteiger partial charge in [-0.25, -0.2) is 14.8 Å². The van der Waals surface area contributed by atoms with Gasteiger partial charge in [-0.3, -0.25) is 0 Å². The molecule has 0 radical (unpaired) electrons. The van der Waals surface area contributed by atoms with Gasteiger partial charge in [0, 0.05) is 43.5 Å². The quantitative estimate of drug-likeness (QED) is 0.634. The zero-order valence-corrected chi connectivity index (χ0v) is 19.5. The second-order valence-electron chi connectivity index (χ2n) is 7.98. The Bertz CT molecular complexity index is 1140. The Labute approximate surface area is 194 Å². The summed E-state index contributed by atoms with van der Waals surface area (Å²) in [4.78, 5) is 25.7. The molecule has 4 rings (SSSR count). The van der Waals surface area contributed by atoms with Crippen LogP contribution in [0.4, 0.5) is 16.3 Å². The van der Waals surface area contributed by atoms with Gasteiger partial charge in [-0.2, -0.15) is 0 Å². The molecule has 0 atom stereocenters. The predicted molar refractivity (Wildman–Crippen MR) is 129 cm³/mol. The van der Waals surface area contributed by atoms with Crippen LogP contribution in [-0.2, 0) is 0 Å². The predicted octanol–water partition coefficient (Wildman–Crippen LogP) is 4.13. The van der Waals surface area contributed by atoms with E-state index in [1.54, 1.807) is 20.5 Å². The van der Waals surface area contributed by atoms with Gasteiger partial charge in [-0.05, 0) is 49.2 Å². The van der Waals surface area contributed by atoms with E-state index in [0.29, 0.717) is 37.7 Å². The summed E-state index contributed by atoms with van der Waals surface area (Å²) < 4.78 is 10.7. The van der Waals surface area contributed by atoms with Crippen molar-refractivity contribution in [3.05, 3.63) is 59.9 Å². The van der Waals surface area contributed by atoms with Gasteiger partial charge in [0.1, 0.15) is 12.1 Å². The molecule has 2 amide bonds. The maximum Gasteiger partial charge on any atom is 0.321 e. The molecule has 1 aliphatic heterocycles. The van der Waals surface area contributed by atoms with Gasteiger partial charge in [-0.15, -0.1) is 0 Å². The minimum atomic E-state index is -0.0722. The van der Waals surface area contributed by atoms with Crippen molar-refractivity contribution in [1.29, 1.82) is 0 Å². The van der Waals surface area contributed by atoms with Crippen LogP contribution in [0.15, 0.2) is 48.8 Å². The van der Waals surface area contributed by atoms with Crippen molar-refractivity contribution in [1.82, 2.24) is 14.9 Å². The van der Waals surface area contributed by atoms with E-state index in [1.165, 1.54) is 0 Å². The molecule has 3 aromatic rings. The van der Waals surface area contributed by atoms with E-state index in [-0.39, 0.29) is 6.03 Å². The molecule has 33 heavy (non-hydrogen) atoms. The van der Waals surface area contributed by atoms with E-state index in [9.17, 15) is 4.79 Å². The summed E-state index contributed by atoms with van der Waals surface area (Å²) in [5, 5.41) is 3.05. The van der Waals surface area contributed by atoms with Gasteiger partial charge < -0.3 is 24.6 Å². The Morgan fingerprint density at radius 1 is 0.939 bits per heavy atom. The van der Waals surface area contributed by atoms with Crippen LogP contribution in [0.3, 0.4) is 0 Å². The van der Waals surface area contributed by atoms with E-state index >= 15 is 0 Å². The van der Waals surface area contributed by atoms with E-state index < -0.39 is 0 Å². The molecule has 2 heterocycles. The molecule has 0 aliphatic carbocycles. The number of anilines is 2. The van der Waals surface area contributed by atoms with E-state index in [2.05, 4.69) is 20.2 Å². The zero-order chi connectivity index (χ0) is 23.4. The molecule has 2 aromatic carbocycles. The van der Waals surface area contributed by atoms with Crippen molar-refractivity contribution in [3.8, 4) is 22.8 Å². The fraction of sp³-hybridized carbons (Fsp3) is 0.320. The molecule has 1 N–H and O–H groups in total. The number of rotatable bonds is 5. The number of hydrogen-bond donors (Lipinski definition) is 1. The first-order valence-electron chi connectivity index (χ1n) is 10.9. The average molecular weight is 448 g/mol. The molecule has 0 saturated carbocycles. The van der Waals surface area contributed by atoms with Gasteiger partial charge in [0.25, 0.3) is 0 Å². The molecule has 1 fully saturated rings. The molecule has 1 saturated heterocycles. The number of urea groups is 1. The van der Waals surface area contributed by atoms with Crippen molar-refractivity contribution in [3.63, 3.8) is 0 Å². The van der Waals surface area contributed by atoms with Crippen molar-refractivity contribution >= 4 is 17.5 Å². The molecule has 0 bridgehead atoms. The van der Waals surface area contributed by atoms with E-state index in [4.69, 9.17) is 9.47 Å². The number of piperazine rings is 1. The first-order chi connectivity index (χ1) is 16.0. The molecule has 8 nitrogen and oxygen atoms in total. The van der Waals surface area contributed by atoms with Crippen LogP contribution in [0.2, 0.25) is 0 Å². The average Bonchev–Trinajstić information content (AvgIpc) is 2.86. The standard InChI is InChI=1S/C25H29N5O3/c1-17-6-5-7-20(18(17)2)28-25(31)30-12-10-29(11-13-30)24-15-21(26-16-27-24)19-8-9-22(32-3)23(14-19)33-4/h5-9,14-16H,10-13H2,1-4H3,(H,28,31). The van der Waals surface area contributed by atoms with E-state index in [0.717, 1.165) is 33.9 Å². The summed E-state index contributed by atoms with van der Waals surface area (Å²) in [7, 11) is 3.23. The third kappa shape index (κ3) is 4.84. The van der Waals surface area contributed by atoms with Crippen LogP contribution in [-0.4, -0.2) is 61.3 Å². The molecule has 0 spiro atoms. The van der Waals surface area contributed by atoms with Crippen LogP contribution in [0.1, 0.15) is 11.1 Å². The van der Waals surface area contributed by atoms with Gasteiger partial charge in [0.2, 0.25) is 0 Å². The Hall–Kier alpha value is -3.81. The second kappa shape index (κ2) is 9.77. The van der Waals surface area contributed by atoms with Gasteiger partial charge in [0.05, 0.1) is 19.9 Å². The summed E-state index contributed by atoms with van der Waals surface area (Å²) in [5.74, 6) is 2.16. The maximum absolute atomic E-state index is 12.8. The summed E-state index contributed by atoms with van der Waals surface area (Å²) in [6, 6.07) is 13.5. The Morgan fingerprint density at radius 2 is 1.70 bits per heavy atom. The van der Waals surface area contributed by atoms with Crippen molar-refractivity contribution in [2.45, 2.75) is 13.8 Å². The largest absolute Gasteiger partial charge is 0.493 e. The topological polar surface area (TPSA) is 79.8 Å². The van der Waals surface area contributed by atoms with Crippen LogP contribution < -0.4 is 19.7 Å². The third-order valence-corrected chi connectivity index (χ3v) is 6.07. The number of amides is 2. The summed E-state index contributed by atoms with van der Waals surface area (Å²) in [5.41, 5.74) is 4.83. The number of aryl methyl sites for hydroxylation is 1. The summed E-state index contributed by atoms with van der Waals surface area (Å²) in [6.45, 7) is 6.69. The minimum absolute atomic E-state index is 0.0722. The number of methoxy groups -OCH3 is 2. The van der Waals surface area contributed by atoms with Gasteiger partial charge in [-0.1, -0.05) is 12.1 Å². The Morgan fingerprint density at radius 3 is 2.42 bits per heavy atom. The number of benzene rings is 2. The monoisotopic (exact) mass is 447 g/mol. The number of hydrogen-bond acceptors (Lipinski definition) is 6. The SMILES string of the molecule is COc1ccc(-c2cc(N3CCN(C(=O)Nc4cccc(C)c4C)CC3)ncn2)cc1OC. The lowest BCUT2D eigenvalue weighted by molar-refractivity contribution is 0.208. The zero-order valence-electron chi connectivity index (χ0n) is 19.5. The number of ether oxygens (including phenoxy) is 2. The molecule has 0 unspecified atom stereocenters. The number of nitrogens with one attached hydrogen (secondary N) is 1. The molecule has 1 aromatic heterocycles. The van der Waals surface area contributed by atoms with Crippen LogP contribution in [0, 0.1) is 13.8 Å². The maximum atomic E-state index is 12.8. The highest BCUT2D eigenvalue weighted by molar-refractivity contribution is 5.90. The molecular formula is C25H29N5O3. The van der Waals surface area contributed by atoms with E-state index in [1.807, 2.05) is 61.2 Å². The minimum Gasteiger partial charge on any atom is -0.493 e. The van der Waals surface area contributed by atoms with Crippen LogP contribution >= 0.6 is 0 Å². The van der Waals surface area contributed by atoms with Crippen LogP contribution in [0.25, 0.3) is 11.3 Å². The first-order valence-corrected chi connectivity index (χ1v) is 10.9. The fourth-order valence-corrected chi connectivity index (χ4v) is 3.89. The number of carbonyl (C=O) groups is 1. The lowest BCUT2D eigenvalue weighted by atomic mass is 10.1. The molecule has 8 heteroatoms. The van der Waals surface area contributed by atoms with Gasteiger partial charge in [0.15, 0.2) is 11.5 Å². The first kappa shape index (κ1) is 22.4. The molecular weight excluding hydrogens is 418 g/mol. The number of nitrogens with zero attached hydrogens (tertiary/aromatic N) is 4. The van der Waals surface area contributed by atoms with Crippen molar-refractivity contribution in [2.24, 2.45) is 0 Å². The van der Waals surface area contributed by atoms with Crippen LogP contribution in [0.5, 0.6) is 11.5 Å². The summed E-state index contributed by atoms with van der Waals surface area (Å²) in [6.07, 6.45) is 1.57. The smallest absolute Gasteiger partial charge is 0.321 e. The lowest BCUT2D eigenvalue weighted by Crippen LogP contribution is -2.50. The highest BCUT2D eigenvalue weighted by Gasteiger charge is 2.23. The third-order valence-electron chi connectivity index (χ3n) is 6.07. The molecule has 172 valence electrons. The highest BCUT2D eigenvalue weighted by Crippen LogP contribution is 2.32. The number of carbonyl (C=O) groups excluding carboxylic acids is 1. The number of aromatic nitrogens is 2. The molecule has 1 aliphatic rings. The Kier molecular flexibility index (Phi) is 6.63. The normalized spacial score (nSPS) is 13.6. The second-order valence-corrected chi connectivity index (χ2v) is 7.98. The Balaban J connectivity index is 1.42. The lowest BCUT2D eigenvalue weighted by Gasteiger charge is -2.35. The van der Waals surface area contributed by atoms with Crippen molar-refractivity contribution < 1.29 is 14.3 Å². The summed E-state index contributed by atoms with van der Waals surface area (Å²) >= 11 is 0. The van der Waals surface area contributed by atoms with Crippen molar-refractivity contribution in [2.75, 3.05) is 50.6 Å². The fourth-order valence-electron chi connectivity index (χ4n) is 3.89.